The standard InChI is InChI=1S/C15H15ClN4O4/c16-9-1-3-11(4-2-9)19-7-10(5-13(19)22)18-12(21)8-20-14(23)6-17-15(20)24/h1-4,10H,5-8H2,(H,17,24)(H,18,21)/t10-/m0/s1. The summed E-state index contributed by atoms with van der Waals surface area (Å²) in [7, 11) is 0. The maximum Gasteiger partial charge on any atom is 0.325 e. The third kappa shape index (κ3) is 3.33. The van der Waals surface area contributed by atoms with Gasteiger partial charge in [0.25, 0.3) is 5.91 Å². The Hall–Kier alpha value is -2.61. The van der Waals surface area contributed by atoms with Crippen molar-refractivity contribution in [3.63, 3.8) is 0 Å². The first kappa shape index (κ1) is 16.3. The van der Waals surface area contributed by atoms with Crippen LogP contribution in [-0.2, 0) is 14.4 Å². The summed E-state index contributed by atoms with van der Waals surface area (Å²) in [5.74, 6) is -1.03. The van der Waals surface area contributed by atoms with Crippen LogP contribution in [-0.4, -0.2) is 54.3 Å². The van der Waals surface area contributed by atoms with Crippen LogP contribution in [0.4, 0.5) is 10.5 Å². The number of carbonyl (C=O) groups excluding carboxylic acids is 4. The van der Waals surface area contributed by atoms with E-state index in [4.69, 9.17) is 11.6 Å². The molecule has 1 aromatic carbocycles. The molecular formula is C15H15ClN4O4. The third-order valence-electron chi connectivity index (χ3n) is 3.87. The number of hydrogen-bond acceptors (Lipinski definition) is 4. The first-order chi connectivity index (χ1) is 11.4. The fourth-order valence-corrected chi connectivity index (χ4v) is 2.83. The van der Waals surface area contributed by atoms with Gasteiger partial charge in [0.15, 0.2) is 0 Å². The van der Waals surface area contributed by atoms with Crippen molar-refractivity contribution >= 4 is 41.0 Å². The van der Waals surface area contributed by atoms with Gasteiger partial charge in [0.2, 0.25) is 11.8 Å². The van der Waals surface area contributed by atoms with E-state index in [1.165, 1.54) is 0 Å². The number of rotatable bonds is 4. The molecule has 0 spiro atoms. The zero-order valence-electron chi connectivity index (χ0n) is 12.6. The Morgan fingerprint density at radius 1 is 1.21 bits per heavy atom. The molecule has 1 aromatic rings. The lowest BCUT2D eigenvalue weighted by Crippen LogP contribution is -2.45. The lowest BCUT2D eigenvalue weighted by molar-refractivity contribution is -0.131. The van der Waals surface area contributed by atoms with Crippen LogP contribution in [0, 0.1) is 0 Å². The lowest BCUT2D eigenvalue weighted by atomic mass is 10.2. The van der Waals surface area contributed by atoms with Crippen molar-refractivity contribution in [3.05, 3.63) is 29.3 Å². The fourth-order valence-electron chi connectivity index (χ4n) is 2.71. The smallest absolute Gasteiger partial charge is 0.325 e. The number of hydrogen-bond donors (Lipinski definition) is 2. The minimum Gasteiger partial charge on any atom is -0.349 e. The molecule has 8 nitrogen and oxygen atoms in total. The zero-order chi connectivity index (χ0) is 17.3. The Kier molecular flexibility index (Phi) is 4.39. The molecule has 2 aliphatic rings. The Bertz CT molecular complexity index is 690. The number of nitrogens with zero attached hydrogens (tertiary/aromatic N) is 2. The highest BCUT2D eigenvalue weighted by atomic mass is 35.5. The predicted octanol–water partition coefficient (Wildman–Crippen LogP) is 0.113. The van der Waals surface area contributed by atoms with Crippen LogP contribution in [0.25, 0.3) is 0 Å². The van der Waals surface area contributed by atoms with E-state index in [1.807, 2.05) is 0 Å². The topological polar surface area (TPSA) is 98.8 Å². The average Bonchev–Trinajstić information content (AvgIpc) is 3.05. The summed E-state index contributed by atoms with van der Waals surface area (Å²) in [5, 5.41) is 5.60. The molecule has 126 valence electrons. The van der Waals surface area contributed by atoms with Gasteiger partial charge in [-0.15, -0.1) is 0 Å². The molecule has 24 heavy (non-hydrogen) atoms. The van der Waals surface area contributed by atoms with Gasteiger partial charge in [0.05, 0.1) is 12.6 Å². The minimum absolute atomic E-state index is 0.0988. The molecule has 0 unspecified atom stereocenters. The first-order valence-electron chi connectivity index (χ1n) is 7.37. The van der Waals surface area contributed by atoms with Crippen molar-refractivity contribution in [2.45, 2.75) is 12.5 Å². The van der Waals surface area contributed by atoms with Crippen molar-refractivity contribution in [1.29, 1.82) is 0 Å². The maximum atomic E-state index is 12.1. The third-order valence-corrected chi connectivity index (χ3v) is 4.12. The van der Waals surface area contributed by atoms with Crippen LogP contribution in [0.3, 0.4) is 0 Å². The molecule has 0 saturated carbocycles. The molecule has 2 fully saturated rings. The normalized spacial score (nSPS) is 20.5. The molecule has 1 atom stereocenters. The number of imide groups is 1. The molecule has 0 aliphatic carbocycles. The van der Waals surface area contributed by atoms with Gasteiger partial charge in [-0.25, -0.2) is 4.79 Å². The van der Waals surface area contributed by atoms with Gasteiger partial charge in [0.1, 0.15) is 6.54 Å². The van der Waals surface area contributed by atoms with Gasteiger partial charge >= 0.3 is 6.03 Å². The average molecular weight is 351 g/mol. The molecular weight excluding hydrogens is 336 g/mol. The Morgan fingerprint density at radius 2 is 1.92 bits per heavy atom. The van der Waals surface area contributed by atoms with E-state index >= 15 is 0 Å². The number of anilines is 1. The van der Waals surface area contributed by atoms with Crippen molar-refractivity contribution in [1.82, 2.24) is 15.5 Å². The number of halogens is 1. The summed E-state index contributed by atoms with van der Waals surface area (Å²) in [6, 6.07) is 5.89. The van der Waals surface area contributed by atoms with Crippen LogP contribution in [0.5, 0.6) is 0 Å². The predicted molar refractivity (Wildman–Crippen MR) is 85.5 cm³/mol. The van der Waals surface area contributed by atoms with Crippen LogP contribution < -0.4 is 15.5 Å². The monoisotopic (exact) mass is 350 g/mol. The summed E-state index contributed by atoms with van der Waals surface area (Å²) in [4.78, 5) is 49.4. The van der Waals surface area contributed by atoms with Crippen LogP contribution in [0.15, 0.2) is 24.3 Å². The number of amides is 5. The van der Waals surface area contributed by atoms with Gasteiger partial charge in [-0.05, 0) is 24.3 Å². The zero-order valence-corrected chi connectivity index (χ0v) is 13.4. The van der Waals surface area contributed by atoms with E-state index in [0.717, 1.165) is 4.90 Å². The molecule has 2 saturated heterocycles. The fraction of sp³-hybridized carbons (Fsp3) is 0.333. The van der Waals surface area contributed by atoms with E-state index < -0.39 is 17.8 Å². The molecule has 0 bridgehead atoms. The molecule has 9 heteroatoms. The van der Waals surface area contributed by atoms with Gasteiger partial charge in [-0.3, -0.25) is 19.3 Å². The SMILES string of the molecule is O=C(CN1C(=O)CNC1=O)N[C@H]1CC(=O)N(c2ccc(Cl)cc2)C1. The molecule has 3 rings (SSSR count). The van der Waals surface area contributed by atoms with E-state index in [2.05, 4.69) is 10.6 Å². The van der Waals surface area contributed by atoms with E-state index in [9.17, 15) is 19.2 Å². The Morgan fingerprint density at radius 3 is 2.54 bits per heavy atom. The molecule has 2 N–H and O–H groups in total. The van der Waals surface area contributed by atoms with E-state index in [0.29, 0.717) is 17.3 Å². The van der Waals surface area contributed by atoms with E-state index in [-0.39, 0.29) is 31.5 Å². The van der Waals surface area contributed by atoms with Crippen LogP contribution in [0.1, 0.15) is 6.42 Å². The van der Waals surface area contributed by atoms with Gasteiger partial charge in [-0.2, -0.15) is 0 Å². The highest BCUT2D eigenvalue weighted by molar-refractivity contribution is 6.30. The van der Waals surface area contributed by atoms with Gasteiger partial charge < -0.3 is 15.5 Å². The largest absolute Gasteiger partial charge is 0.349 e. The molecule has 2 aliphatic heterocycles. The van der Waals surface area contributed by atoms with E-state index in [1.54, 1.807) is 29.2 Å². The second kappa shape index (κ2) is 6.48. The van der Waals surface area contributed by atoms with Crippen molar-refractivity contribution in [3.8, 4) is 0 Å². The first-order valence-corrected chi connectivity index (χ1v) is 7.75. The van der Waals surface area contributed by atoms with Crippen LogP contribution >= 0.6 is 11.6 Å². The molecule has 0 radical (unpaired) electrons. The summed E-state index contributed by atoms with van der Waals surface area (Å²) < 4.78 is 0. The summed E-state index contributed by atoms with van der Waals surface area (Å²) in [6.45, 7) is -0.124. The highest BCUT2D eigenvalue weighted by Crippen LogP contribution is 2.23. The molecule has 5 amide bonds. The highest BCUT2D eigenvalue weighted by Gasteiger charge is 2.34. The Balaban J connectivity index is 1.58. The number of benzene rings is 1. The summed E-state index contributed by atoms with van der Waals surface area (Å²) in [5.41, 5.74) is 0.704. The van der Waals surface area contributed by atoms with Gasteiger partial charge in [-0.1, -0.05) is 11.6 Å². The number of carbonyl (C=O) groups is 4. The molecule has 0 aromatic heterocycles. The van der Waals surface area contributed by atoms with Crippen molar-refractivity contribution in [2.24, 2.45) is 0 Å². The maximum absolute atomic E-state index is 12.1. The quantitative estimate of drug-likeness (QED) is 0.753. The second-order valence-electron chi connectivity index (χ2n) is 5.59. The summed E-state index contributed by atoms with van der Waals surface area (Å²) >= 11 is 5.83. The number of nitrogens with one attached hydrogen (secondary N) is 2. The van der Waals surface area contributed by atoms with Crippen LogP contribution in [0.2, 0.25) is 5.02 Å². The second-order valence-corrected chi connectivity index (χ2v) is 6.02. The number of urea groups is 1. The lowest BCUT2D eigenvalue weighted by Gasteiger charge is -2.18. The Labute approximate surface area is 142 Å². The van der Waals surface area contributed by atoms with Gasteiger partial charge in [0, 0.05) is 23.7 Å². The summed E-state index contributed by atoms with van der Waals surface area (Å²) in [6.07, 6.45) is 0.161. The minimum atomic E-state index is -0.583. The van der Waals surface area contributed by atoms with Crippen molar-refractivity contribution < 1.29 is 19.2 Å². The van der Waals surface area contributed by atoms with Crippen molar-refractivity contribution in [2.75, 3.05) is 24.5 Å². The molecule has 2 heterocycles.